The van der Waals surface area contributed by atoms with E-state index in [2.05, 4.69) is 5.32 Å². The van der Waals surface area contributed by atoms with Crippen molar-refractivity contribution in [1.29, 1.82) is 0 Å². The molecular weight excluding hydrogens is 229 g/mol. The van der Waals surface area contributed by atoms with Crippen molar-refractivity contribution in [2.75, 3.05) is 6.54 Å². The summed E-state index contributed by atoms with van der Waals surface area (Å²) in [6.45, 7) is 0.761. The lowest BCUT2D eigenvalue weighted by Gasteiger charge is -2.29. The van der Waals surface area contributed by atoms with Crippen molar-refractivity contribution in [3.8, 4) is 0 Å². The molecule has 1 aromatic carbocycles. The Morgan fingerprint density at radius 3 is 2.78 bits per heavy atom. The van der Waals surface area contributed by atoms with Gasteiger partial charge in [0.2, 0.25) is 0 Å². The quantitative estimate of drug-likeness (QED) is 0.835. The Balaban J connectivity index is 1.75. The van der Waals surface area contributed by atoms with Gasteiger partial charge in [0.05, 0.1) is 12.1 Å². The van der Waals surface area contributed by atoms with Crippen LogP contribution in [0.4, 0.5) is 4.39 Å². The van der Waals surface area contributed by atoms with Gasteiger partial charge in [0.25, 0.3) is 0 Å². The highest BCUT2D eigenvalue weighted by Crippen LogP contribution is 2.29. The second kappa shape index (κ2) is 4.69. The van der Waals surface area contributed by atoms with Crippen molar-refractivity contribution < 1.29 is 4.39 Å². The van der Waals surface area contributed by atoms with Crippen LogP contribution in [-0.4, -0.2) is 24.5 Å². The summed E-state index contributed by atoms with van der Waals surface area (Å²) in [5.74, 6) is 1.31. The Hall–Kier alpha value is -1.42. The summed E-state index contributed by atoms with van der Waals surface area (Å²) in [5, 5.41) is 3.46. The third kappa shape index (κ3) is 2.12. The second-order valence-corrected chi connectivity index (χ2v) is 5.22. The molecule has 3 nitrogen and oxygen atoms in total. The molecule has 4 heteroatoms. The number of amidine groups is 1. The number of nitrogens with zero attached hydrogens (tertiary/aromatic N) is 1. The van der Waals surface area contributed by atoms with Crippen LogP contribution in [0.25, 0.3) is 0 Å². The lowest BCUT2D eigenvalue weighted by molar-refractivity contribution is 0.294. The molecule has 3 N–H and O–H groups in total. The SMILES string of the molecule is NCC1CCC2N=C(c3ccc(F)cc3)NC2C1. The first kappa shape index (κ1) is 11.7. The van der Waals surface area contributed by atoms with Crippen molar-refractivity contribution in [2.45, 2.75) is 31.3 Å². The van der Waals surface area contributed by atoms with E-state index in [1.54, 1.807) is 12.1 Å². The Bertz CT molecular complexity index is 455. The smallest absolute Gasteiger partial charge is 0.128 e. The summed E-state index contributed by atoms with van der Waals surface area (Å²) in [5.41, 5.74) is 6.71. The molecule has 1 fully saturated rings. The Kier molecular flexibility index (Phi) is 3.04. The maximum absolute atomic E-state index is 12.9. The van der Waals surface area contributed by atoms with Gasteiger partial charge in [-0.3, -0.25) is 4.99 Å². The van der Waals surface area contributed by atoms with Crippen molar-refractivity contribution in [2.24, 2.45) is 16.6 Å². The molecule has 96 valence electrons. The van der Waals surface area contributed by atoms with Gasteiger partial charge in [-0.1, -0.05) is 0 Å². The fourth-order valence-electron chi connectivity index (χ4n) is 2.91. The Labute approximate surface area is 106 Å². The van der Waals surface area contributed by atoms with Crippen LogP contribution < -0.4 is 11.1 Å². The molecule has 2 aliphatic rings. The molecule has 0 aromatic heterocycles. The van der Waals surface area contributed by atoms with Gasteiger partial charge in [0, 0.05) is 5.56 Å². The van der Waals surface area contributed by atoms with Crippen LogP contribution in [0.15, 0.2) is 29.3 Å². The van der Waals surface area contributed by atoms with Gasteiger partial charge in [-0.15, -0.1) is 0 Å². The predicted octanol–water partition coefficient (Wildman–Crippen LogP) is 1.67. The fraction of sp³-hybridized carbons (Fsp3) is 0.500. The van der Waals surface area contributed by atoms with Crippen molar-refractivity contribution in [3.63, 3.8) is 0 Å². The molecule has 0 saturated heterocycles. The summed E-state index contributed by atoms with van der Waals surface area (Å²) in [6.07, 6.45) is 3.36. The molecular formula is C14H18FN3. The number of halogens is 1. The van der Waals surface area contributed by atoms with Crippen LogP contribution >= 0.6 is 0 Å². The lowest BCUT2D eigenvalue weighted by Crippen LogP contribution is -2.41. The van der Waals surface area contributed by atoms with E-state index in [0.717, 1.165) is 30.8 Å². The second-order valence-electron chi connectivity index (χ2n) is 5.22. The topological polar surface area (TPSA) is 50.4 Å². The Morgan fingerprint density at radius 2 is 2.06 bits per heavy atom. The largest absolute Gasteiger partial charge is 0.365 e. The summed E-state index contributed by atoms with van der Waals surface area (Å²) in [4.78, 5) is 4.72. The summed E-state index contributed by atoms with van der Waals surface area (Å²) in [7, 11) is 0. The minimum Gasteiger partial charge on any atom is -0.365 e. The molecule has 0 radical (unpaired) electrons. The standard InChI is InChI=1S/C14H18FN3/c15-11-4-2-10(3-5-11)14-17-12-6-1-9(8-16)7-13(12)18-14/h2-5,9,12-13H,1,6-8,16H2,(H,17,18). The molecule has 1 heterocycles. The minimum atomic E-state index is -0.210. The van der Waals surface area contributed by atoms with Crippen LogP contribution in [0.5, 0.6) is 0 Å². The molecule has 0 bridgehead atoms. The molecule has 1 aliphatic carbocycles. The monoisotopic (exact) mass is 247 g/mol. The fourth-order valence-corrected chi connectivity index (χ4v) is 2.91. The molecule has 3 rings (SSSR count). The first-order valence-corrected chi connectivity index (χ1v) is 6.56. The molecule has 1 aliphatic heterocycles. The van der Waals surface area contributed by atoms with E-state index in [-0.39, 0.29) is 5.82 Å². The van der Waals surface area contributed by atoms with Crippen LogP contribution in [0, 0.1) is 11.7 Å². The highest BCUT2D eigenvalue weighted by atomic mass is 19.1. The minimum absolute atomic E-state index is 0.210. The van der Waals surface area contributed by atoms with Gasteiger partial charge in [0.1, 0.15) is 11.7 Å². The normalized spacial score (nSPS) is 30.6. The number of nitrogens with one attached hydrogen (secondary N) is 1. The maximum atomic E-state index is 12.9. The van der Waals surface area contributed by atoms with Crippen LogP contribution in [0.2, 0.25) is 0 Å². The van der Waals surface area contributed by atoms with E-state index in [0.29, 0.717) is 18.0 Å². The number of fused-ring (bicyclic) bond motifs is 1. The van der Waals surface area contributed by atoms with Crippen LogP contribution in [0.3, 0.4) is 0 Å². The number of nitrogens with two attached hydrogens (primary N) is 1. The van der Waals surface area contributed by atoms with Gasteiger partial charge in [-0.25, -0.2) is 4.39 Å². The molecule has 3 unspecified atom stereocenters. The summed E-state index contributed by atoms with van der Waals surface area (Å²) >= 11 is 0. The number of hydrogen-bond acceptors (Lipinski definition) is 3. The highest BCUT2D eigenvalue weighted by Gasteiger charge is 2.34. The van der Waals surface area contributed by atoms with Crippen LogP contribution in [-0.2, 0) is 0 Å². The third-order valence-electron chi connectivity index (χ3n) is 3.99. The number of hydrogen-bond donors (Lipinski definition) is 2. The zero-order chi connectivity index (χ0) is 12.5. The summed E-state index contributed by atoms with van der Waals surface area (Å²) in [6, 6.07) is 7.28. The van der Waals surface area contributed by atoms with Gasteiger partial charge in [-0.05, 0) is 56.0 Å². The zero-order valence-corrected chi connectivity index (χ0v) is 10.3. The third-order valence-corrected chi connectivity index (χ3v) is 3.99. The van der Waals surface area contributed by atoms with Crippen molar-refractivity contribution >= 4 is 5.84 Å². The molecule has 0 amide bonds. The van der Waals surface area contributed by atoms with E-state index in [1.165, 1.54) is 18.6 Å². The number of rotatable bonds is 2. The molecule has 0 spiro atoms. The average Bonchev–Trinajstić information content (AvgIpc) is 2.82. The van der Waals surface area contributed by atoms with Gasteiger partial charge >= 0.3 is 0 Å². The van der Waals surface area contributed by atoms with E-state index in [9.17, 15) is 4.39 Å². The molecule has 1 saturated carbocycles. The van der Waals surface area contributed by atoms with Gasteiger partial charge < -0.3 is 11.1 Å². The van der Waals surface area contributed by atoms with E-state index < -0.39 is 0 Å². The summed E-state index contributed by atoms with van der Waals surface area (Å²) < 4.78 is 12.9. The van der Waals surface area contributed by atoms with Gasteiger partial charge in [0.15, 0.2) is 0 Å². The van der Waals surface area contributed by atoms with E-state index in [4.69, 9.17) is 10.7 Å². The van der Waals surface area contributed by atoms with E-state index in [1.807, 2.05) is 0 Å². The Morgan fingerprint density at radius 1 is 1.28 bits per heavy atom. The zero-order valence-electron chi connectivity index (χ0n) is 10.3. The van der Waals surface area contributed by atoms with Crippen LogP contribution in [0.1, 0.15) is 24.8 Å². The first-order valence-electron chi connectivity index (χ1n) is 6.56. The lowest BCUT2D eigenvalue weighted by atomic mass is 9.83. The predicted molar refractivity (Wildman–Crippen MR) is 70.0 cm³/mol. The van der Waals surface area contributed by atoms with Crippen molar-refractivity contribution in [1.82, 2.24) is 5.32 Å². The highest BCUT2D eigenvalue weighted by molar-refractivity contribution is 6.00. The maximum Gasteiger partial charge on any atom is 0.128 e. The first-order chi connectivity index (χ1) is 8.76. The molecule has 18 heavy (non-hydrogen) atoms. The molecule has 1 aromatic rings. The van der Waals surface area contributed by atoms with Crippen molar-refractivity contribution in [3.05, 3.63) is 35.6 Å². The average molecular weight is 247 g/mol. The van der Waals surface area contributed by atoms with Gasteiger partial charge in [-0.2, -0.15) is 0 Å². The molecule has 3 atom stereocenters. The number of aliphatic imine (C=N–C) groups is 1. The van der Waals surface area contributed by atoms with E-state index >= 15 is 0 Å². The number of benzene rings is 1.